The molecule has 0 saturated carbocycles. The molecule has 0 aliphatic rings. The van der Waals surface area contributed by atoms with Gasteiger partial charge >= 0.3 is 0 Å². The maximum absolute atomic E-state index is 8.52. The van der Waals surface area contributed by atoms with Crippen molar-refractivity contribution in [2.45, 2.75) is 13.3 Å². The maximum atomic E-state index is 8.52. The van der Waals surface area contributed by atoms with Crippen LogP contribution in [0, 0.1) is 6.92 Å². The Morgan fingerprint density at radius 3 is 2.19 bits per heavy atom. The van der Waals surface area contributed by atoms with Crippen LogP contribution >= 0.6 is 24.8 Å². The van der Waals surface area contributed by atoms with Crippen molar-refractivity contribution < 1.29 is 5.11 Å². The van der Waals surface area contributed by atoms with Gasteiger partial charge in [0.15, 0.2) is 0 Å². The van der Waals surface area contributed by atoms with E-state index < -0.39 is 0 Å². The Bertz CT molecular complexity index is 820. The van der Waals surface area contributed by atoms with Crippen molar-refractivity contribution >= 4 is 48.3 Å². The SMILES string of the molecule is Cc1n[nH]cc1CCO.Cl.Cl.Nc1ccc(C=Cc2ccccc2)cc1N. The van der Waals surface area contributed by atoms with Gasteiger partial charge in [-0.05, 0) is 42.2 Å². The van der Waals surface area contributed by atoms with Gasteiger partial charge in [-0.3, -0.25) is 5.10 Å². The van der Waals surface area contributed by atoms with E-state index in [1.165, 1.54) is 0 Å². The molecule has 0 atom stereocenters. The molecule has 0 radical (unpaired) electrons. The molecule has 5 nitrogen and oxygen atoms in total. The molecule has 0 saturated heterocycles. The number of halogens is 2. The number of hydrogen-bond acceptors (Lipinski definition) is 4. The predicted molar refractivity (Wildman–Crippen MR) is 119 cm³/mol. The lowest BCUT2D eigenvalue weighted by Gasteiger charge is -2.00. The Kier molecular flexibility index (Phi) is 11.6. The van der Waals surface area contributed by atoms with E-state index in [0.717, 1.165) is 22.4 Å². The summed E-state index contributed by atoms with van der Waals surface area (Å²) in [5.74, 6) is 0. The van der Waals surface area contributed by atoms with Gasteiger partial charge in [-0.2, -0.15) is 5.10 Å². The Morgan fingerprint density at radius 1 is 0.963 bits per heavy atom. The predicted octanol–water partition coefficient (Wildman–Crippen LogP) is 4.12. The zero-order valence-electron chi connectivity index (χ0n) is 15.1. The first-order chi connectivity index (χ1) is 12.1. The monoisotopic (exact) mass is 408 g/mol. The summed E-state index contributed by atoms with van der Waals surface area (Å²) in [6.45, 7) is 2.11. The fourth-order valence-corrected chi connectivity index (χ4v) is 2.21. The second kappa shape index (κ2) is 12.8. The van der Waals surface area contributed by atoms with Gasteiger partial charge in [0.05, 0.1) is 17.1 Å². The molecule has 1 heterocycles. The molecule has 7 heteroatoms. The highest BCUT2D eigenvalue weighted by Crippen LogP contribution is 2.17. The Labute approximate surface area is 172 Å². The first-order valence-corrected chi connectivity index (χ1v) is 8.08. The highest BCUT2D eigenvalue weighted by atomic mass is 35.5. The molecule has 3 rings (SSSR count). The summed E-state index contributed by atoms with van der Waals surface area (Å²) in [7, 11) is 0. The zero-order chi connectivity index (χ0) is 18.1. The number of H-pyrrole nitrogens is 1. The molecule has 0 aliphatic carbocycles. The summed E-state index contributed by atoms with van der Waals surface area (Å²) in [6.07, 6.45) is 6.57. The van der Waals surface area contributed by atoms with Crippen LogP contribution < -0.4 is 11.5 Å². The molecule has 0 amide bonds. The van der Waals surface area contributed by atoms with Crippen LogP contribution in [0.1, 0.15) is 22.4 Å². The van der Waals surface area contributed by atoms with E-state index >= 15 is 0 Å². The highest BCUT2D eigenvalue weighted by molar-refractivity contribution is 5.85. The standard InChI is InChI=1S/C14H14N2.C6H10N2O.2ClH/c15-13-9-8-12(10-14(13)16)7-6-11-4-2-1-3-5-11;1-5-6(2-3-9)4-7-8-5;;/h1-10H,15-16H2;4,9H,2-3H2,1H3,(H,7,8);2*1H. The van der Waals surface area contributed by atoms with Crippen LogP contribution in [0.15, 0.2) is 54.7 Å². The Balaban J connectivity index is 0.000000532. The minimum atomic E-state index is 0. The number of benzene rings is 2. The van der Waals surface area contributed by atoms with Crippen molar-refractivity contribution in [1.82, 2.24) is 10.2 Å². The van der Waals surface area contributed by atoms with E-state index in [9.17, 15) is 0 Å². The van der Waals surface area contributed by atoms with E-state index in [1.54, 1.807) is 0 Å². The van der Waals surface area contributed by atoms with Gasteiger partial charge in [-0.1, -0.05) is 48.6 Å². The lowest BCUT2D eigenvalue weighted by molar-refractivity contribution is 0.299. The normalized spacial score (nSPS) is 9.70. The molecule has 2 aromatic carbocycles. The van der Waals surface area contributed by atoms with E-state index in [-0.39, 0.29) is 31.4 Å². The van der Waals surface area contributed by atoms with E-state index in [0.29, 0.717) is 17.8 Å². The molecule has 146 valence electrons. The van der Waals surface area contributed by atoms with Crippen LogP contribution in [0.3, 0.4) is 0 Å². The van der Waals surface area contributed by atoms with Crippen LogP contribution in [0.2, 0.25) is 0 Å². The van der Waals surface area contributed by atoms with Crippen LogP contribution in [0.25, 0.3) is 12.2 Å². The smallest absolute Gasteiger partial charge is 0.0623 e. The number of nitrogens with zero attached hydrogens (tertiary/aromatic N) is 1. The number of nitrogen functional groups attached to an aromatic ring is 2. The number of aromatic nitrogens is 2. The van der Waals surface area contributed by atoms with Crippen molar-refractivity contribution in [2.75, 3.05) is 18.1 Å². The van der Waals surface area contributed by atoms with Crippen LogP contribution in [0.5, 0.6) is 0 Å². The summed E-state index contributed by atoms with van der Waals surface area (Å²) >= 11 is 0. The molecule has 3 aromatic rings. The number of anilines is 2. The van der Waals surface area contributed by atoms with Gasteiger partial charge < -0.3 is 16.6 Å². The Morgan fingerprint density at radius 2 is 1.63 bits per heavy atom. The first-order valence-electron chi connectivity index (χ1n) is 8.08. The number of aromatic amines is 1. The number of aliphatic hydroxyl groups is 1. The summed E-state index contributed by atoms with van der Waals surface area (Å²) in [5.41, 5.74) is 16.9. The van der Waals surface area contributed by atoms with Crippen molar-refractivity contribution in [3.8, 4) is 0 Å². The quantitative estimate of drug-likeness (QED) is 0.385. The molecular formula is C20H26Cl2N4O. The fourth-order valence-electron chi connectivity index (χ4n) is 2.21. The molecule has 1 aromatic heterocycles. The van der Waals surface area contributed by atoms with E-state index in [2.05, 4.69) is 22.3 Å². The van der Waals surface area contributed by atoms with E-state index in [1.807, 2.05) is 61.7 Å². The van der Waals surface area contributed by atoms with Crippen LogP contribution in [-0.4, -0.2) is 21.9 Å². The average molecular weight is 409 g/mol. The highest BCUT2D eigenvalue weighted by Gasteiger charge is 1.97. The number of aliphatic hydroxyl groups excluding tert-OH is 1. The molecule has 27 heavy (non-hydrogen) atoms. The molecule has 0 unspecified atom stereocenters. The third-order valence-electron chi connectivity index (χ3n) is 3.70. The Hall–Kier alpha value is -2.47. The minimum absolute atomic E-state index is 0. The number of rotatable bonds is 4. The summed E-state index contributed by atoms with van der Waals surface area (Å²) in [5, 5.41) is 15.1. The summed E-state index contributed by atoms with van der Waals surface area (Å²) in [6, 6.07) is 15.8. The van der Waals surface area contributed by atoms with Gasteiger partial charge in [-0.15, -0.1) is 24.8 Å². The number of hydrogen-bond donors (Lipinski definition) is 4. The molecule has 0 aliphatic heterocycles. The fraction of sp³-hybridized carbons (Fsp3) is 0.150. The second-order valence-electron chi connectivity index (χ2n) is 5.60. The van der Waals surface area contributed by atoms with E-state index in [4.69, 9.17) is 16.6 Å². The first kappa shape index (κ1) is 24.5. The number of nitrogens with two attached hydrogens (primary N) is 2. The third-order valence-corrected chi connectivity index (χ3v) is 3.70. The van der Waals surface area contributed by atoms with Gasteiger partial charge in [0.1, 0.15) is 0 Å². The summed E-state index contributed by atoms with van der Waals surface area (Å²) < 4.78 is 0. The average Bonchev–Trinajstić information content (AvgIpc) is 3.03. The van der Waals surface area contributed by atoms with Gasteiger partial charge in [0.2, 0.25) is 0 Å². The lowest BCUT2D eigenvalue weighted by Crippen LogP contribution is -1.93. The van der Waals surface area contributed by atoms with Crippen molar-refractivity contribution in [3.05, 3.63) is 77.1 Å². The van der Waals surface area contributed by atoms with Crippen molar-refractivity contribution in [1.29, 1.82) is 0 Å². The molecular weight excluding hydrogens is 383 g/mol. The molecule has 0 spiro atoms. The largest absolute Gasteiger partial charge is 0.397 e. The van der Waals surface area contributed by atoms with Crippen molar-refractivity contribution in [3.63, 3.8) is 0 Å². The van der Waals surface area contributed by atoms with Gasteiger partial charge in [0, 0.05) is 12.8 Å². The second-order valence-corrected chi connectivity index (χ2v) is 5.60. The maximum Gasteiger partial charge on any atom is 0.0623 e. The number of aryl methyl sites for hydroxylation is 1. The molecule has 0 fully saturated rings. The van der Waals surface area contributed by atoms with Gasteiger partial charge in [0.25, 0.3) is 0 Å². The van der Waals surface area contributed by atoms with Crippen LogP contribution in [0.4, 0.5) is 11.4 Å². The van der Waals surface area contributed by atoms with Crippen LogP contribution in [-0.2, 0) is 6.42 Å². The molecule has 6 N–H and O–H groups in total. The van der Waals surface area contributed by atoms with Crippen molar-refractivity contribution in [2.24, 2.45) is 0 Å². The minimum Gasteiger partial charge on any atom is -0.397 e. The molecule has 0 bridgehead atoms. The third kappa shape index (κ3) is 8.17. The van der Waals surface area contributed by atoms with Gasteiger partial charge in [-0.25, -0.2) is 0 Å². The summed E-state index contributed by atoms with van der Waals surface area (Å²) in [4.78, 5) is 0. The lowest BCUT2D eigenvalue weighted by atomic mass is 10.1. The topological polar surface area (TPSA) is 101 Å². The number of nitrogens with one attached hydrogen (secondary N) is 1. The zero-order valence-corrected chi connectivity index (χ0v) is 16.8.